The summed E-state index contributed by atoms with van der Waals surface area (Å²) in [5.41, 5.74) is 3.17. The van der Waals surface area contributed by atoms with Gasteiger partial charge in [0.25, 0.3) is 0 Å². The minimum Gasteiger partial charge on any atom is -0.472 e. The first-order valence-corrected chi connectivity index (χ1v) is 11.7. The van der Waals surface area contributed by atoms with Crippen molar-refractivity contribution in [1.29, 1.82) is 0 Å². The van der Waals surface area contributed by atoms with Crippen LogP contribution < -0.4 is 0 Å². The van der Waals surface area contributed by atoms with E-state index in [1.165, 1.54) is 31.0 Å². The molecule has 4 aromatic rings. The van der Waals surface area contributed by atoms with Crippen molar-refractivity contribution in [3.05, 3.63) is 88.9 Å². The number of furan rings is 1. The third kappa shape index (κ3) is 5.59. The van der Waals surface area contributed by atoms with Gasteiger partial charge in [-0.05, 0) is 47.9 Å². The zero-order chi connectivity index (χ0) is 25.0. The van der Waals surface area contributed by atoms with E-state index in [0.717, 1.165) is 35.2 Å². The van der Waals surface area contributed by atoms with Gasteiger partial charge in [-0.15, -0.1) is 10.2 Å². The Hall–Kier alpha value is -3.53. The second-order valence-electron chi connectivity index (χ2n) is 7.72. The molecule has 0 unspecified atom stereocenters. The smallest absolute Gasteiger partial charge is 0.416 e. The van der Waals surface area contributed by atoms with Gasteiger partial charge in [-0.25, -0.2) is 4.79 Å². The molecule has 0 atom stereocenters. The van der Waals surface area contributed by atoms with Gasteiger partial charge in [-0.1, -0.05) is 36.9 Å². The number of carbonyl (C=O) groups excluding carboxylic acids is 1. The van der Waals surface area contributed by atoms with Crippen molar-refractivity contribution in [1.82, 2.24) is 14.8 Å². The number of halogens is 3. The number of ether oxygens (including phenoxy) is 1. The summed E-state index contributed by atoms with van der Waals surface area (Å²) in [4.78, 5) is 12.0. The second-order valence-corrected chi connectivity index (χ2v) is 8.66. The average Bonchev–Trinajstić information content (AvgIpc) is 3.52. The van der Waals surface area contributed by atoms with E-state index in [2.05, 4.69) is 10.2 Å². The molecular formula is C25H22F3N3O3S. The Labute approximate surface area is 204 Å². The third-order valence-corrected chi connectivity index (χ3v) is 6.49. The molecule has 0 saturated carbocycles. The Morgan fingerprint density at radius 3 is 2.49 bits per heavy atom. The lowest BCUT2D eigenvalue weighted by atomic mass is 10.0. The number of hydrogen-bond donors (Lipinski definition) is 0. The Balaban J connectivity index is 1.66. The van der Waals surface area contributed by atoms with Crippen LogP contribution in [0.15, 0.2) is 70.6 Å². The van der Waals surface area contributed by atoms with E-state index in [9.17, 15) is 18.0 Å². The first-order chi connectivity index (χ1) is 16.8. The molecule has 0 aliphatic carbocycles. The molecule has 0 amide bonds. The number of thioether (sulfide) groups is 1. The van der Waals surface area contributed by atoms with Crippen LogP contribution in [0.3, 0.4) is 0 Å². The maximum atomic E-state index is 13.0. The van der Waals surface area contributed by atoms with Crippen LogP contribution in [-0.2, 0) is 29.6 Å². The Bertz CT molecular complexity index is 1300. The molecule has 35 heavy (non-hydrogen) atoms. The number of hydrogen-bond acceptors (Lipinski definition) is 6. The Morgan fingerprint density at radius 1 is 1.09 bits per heavy atom. The summed E-state index contributed by atoms with van der Waals surface area (Å²) in [5.74, 6) is 0.554. The standard InChI is InChI=1S/C25H22F3N3O3S/c1-3-17-4-5-19(23(32)33-2)12-20(17)15-35-24-30-29-22(31(24)13-16-10-11-34-14-16)18-6-8-21(9-7-18)25(26,27)28/h4-12,14H,3,13,15H2,1-2H3. The third-order valence-electron chi connectivity index (χ3n) is 5.47. The van der Waals surface area contributed by atoms with Gasteiger partial charge in [-0.2, -0.15) is 13.2 Å². The van der Waals surface area contributed by atoms with Crippen LogP contribution in [0.2, 0.25) is 0 Å². The molecule has 0 fully saturated rings. The number of rotatable bonds is 8. The Kier molecular flexibility index (Phi) is 7.30. The first-order valence-electron chi connectivity index (χ1n) is 10.7. The zero-order valence-electron chi connectivity index (χ0n) is 19.0. The number of methoxy groups -OCH3 is 1. The normalized spacial score (nSPS) is 11.6. The van der Waals surface area contributed by atoms with E-state index >= 15 is 0 Å². The lowest BCUT2D eigenvalue weighted by Crippen LogP contribution is -2.06. The maximum absolute atomic E-state index is 13.0. The fourth-order valence-corrected chi connectivity index (χ4v) is 4.58. The SMILES string of the molecule is CCc1ccc(C(=O)OC)cc1CSc1nnc(-c2ccc(C(F)(F)F)cc2)n1Cc1ccoc1. The molecule has 0 aliphatic heterocycles. The van der Waals surface area contributed by atoms with Crippen molar-refractivity contribution in [3.63, 3.8) is 0 Å². The van der Waals surface area contributed by atoms with Crippen molar-refractivity contribution in [2.45, 2.75) is 37.0 Å². The molecule has 6 nitrogen and oxygen atoms in total. The van der Waals surface area contributed by atoms with Crippen molar-refractivity contribution < 1.29 is 27.1 Å². The van der Waals surface area contributed by atoms with Crippen LogP contribution >= 0.6 is 11.8 Å². The van der Waals surface area contributed by atoms with Gasteiger partial charge in [0, 0.05) is 16.9 Å². The van der Waals surface area contributed by atoms with Crippen LogP contribution in [0.1, 0.15) is 39.5 Å². The number of esters is 1. The first kappa shape index (κ1) is 24.6. The summed E-state index contributed by atoms with van der Waals surface area (Å²) in [7, 11) is 1.34. The summed E-state index contributed by atoms with van der Waals surface area (Å²) in [6, 6.07) is 12.1. The van der Waals surface area contributed by atoms with Gasteiger partial charge < -0.3 is 9.15 Å². The predicted molar refractivity (Wildman–Crippen MR) is 125 cm³/mol. The van der Waals surface area contributed by atoms with Crippen LogP contribution in [-0.4, -0.2) is 27.8 Å². The largest absolute Gasteiger partial charge is 0.472 e. The molecule has 182 valence electrons. The predicted octanol–water partition coefficient (Wildman–Crippen LogP) is 6.25. The summed E-state index contributed by atoms with van der Waals surface area (Å²) in [6.45, 7) is 2.41. The molecule has 0 aliphatic rings. The highest BCUT2D eigenvalue weighted by atomic mass is 32.2. The number of nitrogens with zero attached hydrogens (tertiary/aromatic N) is 3. The number of alkyl halides is 3. The number of aromatic nitrogens is 3. The summed E-state index contributed by atoms with van der Waals surface area (Å²) < 4.78 is 50.9. The molecule has 10 heteroatoms. The molecule has 0 saturated heterocycles. The number of benzene rings is 2. The topological polar surface area (TPSA) is 70.2 Å². The lowest BCUT2D eigenvalue weighted by Gasteiger charge is -2.12. The molecule has 4 rings (SSSR count). The highest BCUT2D eigenvalue weighted by Crippen LogP contribution is 2.32. The number of carbonyl (C=O) groups is 1. The van der Waals surface area contributed by atoms with E-state index < -0.39 is 17.7 Å². The van der Waals surface area contributed by atoms with Gasteiger partial charge in [-0.3, -0.25) is 4.57 Å². The van der Waals surface area contributed by atoms with Gasteiger partial charge in [0.2, 0.25) is 0 Å². The van der Waals surface area contributed by atoms with E-state index in [1.54, 1.807) is 24.7 Å². The fraction of sp³-hybridized carbons (Fsp3) is 0.240. The average molecular weight is 502 g/mol. The van der Waals surface area contributed by atoms with E-state index in [0.29, 0.717) is 34.4 Å². The molecule has 0 bridgehead atoms. The van der Waals surface area contributed by atoms with E-state index in [1.807, 2.05) is 23.6 Å². The zero-order valence-corrected chi connectivity index (χ0v) is 19.8. The van der Waals surface area contributed by atoms with Crippen molar-refractivity contribution in [3.8, 4) is 11.4 Å². The number of aryl methyl sites for hydroxylation is 1. The summed E-state index contributed by atoms with van der Waals surface area (Å²) in [5, 5.41) is 9.19. The molecular weight excluding hydrogens is 479 g/mol. The Morgan fingerprint density at radius 2 is 1.86 bits per heavy atom. The highest BCUT2D eigenvalue weighted by molar-refractivity contribution is 7.98. The van der Waals surface area contributed by atoms with Crippen LogP contribution in [0.5, 0.6) is 0 Å². The molecule has 0 spiro atoms. The molecule has 2 aromatic heterocycles. The van der Waals surface area contributed by atoms with Crippen LogP contribution in [0, 0.1) is 0 Å². The van der Waals surface area contributed by atoms with Crippen molar-refractivity contribution >= 4 is 17.7 Å². The van der Waals surface area contributed by atoms with E-state index in [4.69, 9.17) is 9.15 Å². The van der Waals surface area contributed by atoms with Gasteiger partial charge in [0.05, 0.1) is 37.3 Å². The molecule has 2 aromatic carbocycles. The lowest BCUT2D eigenvalue weighted by molar-refractivity contribution is -0.137. The summed E-state index contributed by atoms with van der Waals surface area (Å²) in [6.07, 6.45) is -0.480. The molecule has 0 N–H and O–H groups in total. The molecule has 2 heterocycles. The van der Waals surface area contributed by atoms with Crippen molar-refractivity contribution in [2.24, 2.45) is 0 Å². The monoisotopic (exact) mass is 501 g/mol. The minimum atomic E-state index is -4.42. The molecule has 0 radical (unpaired) electrons. The maximum Gasteiger partial charge on any atom is 0.416 e. The quantitative estimate of drug-likeness (QED) is 0.210. The van der Waals surface area contributed by atoms with Crippen molar-refractivity contribution in [2.75, 3.05) is 7.11 Å². The fourth-order valence-electron chi connectivity index (χ4n) is 3.62. The summed E-state index contributed by atoms with van der Waals surface area (Å²) >= 11 is 1.43. The van der Waals surface area contributed by atoms with Crippen LogP contribution in [0.25, 0.3) is 11.4 Å². The van der Waals surface area contributed by atoms with Gasteiger partial charge in [0.1, 0.15) is 0 Å². The second kappa shape index (κ2) is 10.4. The van der Waals surface area contributed by atoms with Gasteiger partial charge in [0.15, 0.2) is 11.0 Å². The van der Waals surface area contributed by atoms with Gasteiger partial charge >= 0.3 is 12.1 Å². The highest BCUT2D eigenvalue weighted by Gasteiger charge is 2.30. The minimum absolute atomic E-state index is 0.380. The van der Waals surface area contributed by atoms with E-state index in [-0.39, 0.29) is 0 Å². The van der Waals surface area contributed by atoms with Crippen LogP contribution in [0.4, 0.5) is 13.2 Å².